The van der Waals surface area contributed by atoms with E-state index in [2.05, 4.69) is 20.8 Å². The number of amides is 2. The number of thioether (sulfide) groups is 1. The minimum atomic E-state index is -2.22. The van der Waals surface area contributed by atoms with Crippen LogP contribution in [-0.4, -0.2) is 71.6 Å². The number of hydrogen-bond donors (Lipinski definition) is 2. The maximum Gasteiger partial charge on any atom is 0.262 e. The van der Waals surface area contributed by atoms with Crippen LogP contribution < -0.4 is 0 Å². The number of fused-ring (bicyclic) bond motifs is 1. The van der Waals surface area contributed by atoms with E-state index in [1.54, 1.807) is 24.3 Å². The van der Waals surface area contributed by atoms with Gasteiger partial charge in [0.1, 0.15) is 36.4 Å². The minimum absolute atomic E-state index is 0.0825. The van der Waals surface area contributed by atoms with Crippen molar-refractivity contribution in [3.05, 3.63) is 65.7 Å². The van der Waals surface area contributed by atoms with E-state index in [0.29, 0.717) is 0 Å². The van der Waals surface area contributed by atoms with Gasteiger partial charge in [-0.15, -0.1) is 0 Å². The van der Waals surface area contributed by atoms with Crippen molar-refractivity contribution in [2.75, 3.05) is 6.61 Å². The Kier molecular flexibility index (Phi) is 7.78. The van der Waals surface area contributed by atoms with Crippen molar-refractivity contribution in [1.82, 2.24) is 4.90 Å². The van der Waals surface area contributed by atoms with Gasteiger partial charge in [-0.25, -0.2) is 4.89 Å². The maximum atomic E-state index is 13.2. The molecule has 4 rings (SSSR count). The van der Waals surface area contributed by atoms with Crippen LogP contribution in [0.4, 0.5) is 0 Å². The molecule has 5 atom stereocenters. The molecule has 0 aliphatic carbocycles. The van der Waals surface area contributed by atoms with Crippen LogP contribution in [0.25, 0.3) is 0 Å². The Bertz CT molecular complexity index is 1070. The predicted molar refractivity (Wildman–Crippen MR) is 138 cm³/mol. The van der Waals surface area contributed by atoms with Crippen LogP contribution in [-0.2, 0) is 14.2 Å². The monoisotopic (exact) mass is 531 g/mol. The molecule has 0 spiro atoms. The summed E-state index contributed by atoms with van der Waals surface area (Å²) in [6.45, 7) is 10.2. The molecule has 2 aromatic rings. The molecule has 0 saturated carbocycles. The molecule has 2 heterocycles. The molecular formula is C26H33NO7SSi. The van der Waals surface area contributed by atoms with Crippen LogP contribution in [0.1, 0.15) is 41.5 Å². The molecule has 2 N–H and O–H groups in total. The Morgan fingerprint density at radius 2 is 1.50 bits per heavy atom. The molecule has 10 heteroatoms. The lowest BCUT2D eigenvalue weighted by atomic mass is 9.97. The van der Waals surface area contributed by atoms with E-state index >= 15 is 0 Å². The molecule has 2 amide bonds. The Hall–Kier alpha value is -2.05. The Morgan fingerprint density at radius 1 is 0.944 bits per heavy atom. The molecule has 0 aromatic heterocycles. The van der Waals surface area contributed by atoms with Crippen molar-refractivity contribution >= 4 is 31.9 Å². The average Bonchev–Trinajstić information content (AvgIpc) is 3.07. The average molecular weight is 532 g/mol. The smallest absolute Gasteiger partial charge is 0.262 e. The van der Waals surface area contributed by atoms with Gasteiger partial charge in [0.15, 0.2) is 0 Å². The van der Waals surface area contributed by atoms with Crippen molar-refractivity contribution in [3.63, 3.8) is 0 Å². The van der Waals surface area contributed by atoms with Crippen LogP contribution in [0.5, 0.6) is 0 Å². The highest BCUT2D eigenvalue weighted by atomic mass is 32.2. The van der Waals surface area contributed by atoms with Gasteiger partial charge in [0.2, 0.25) is 8.32 Å². The first-order valence-corrected chi connectivity index (χ1v) is 15.7. The molecule has 2 aliphatic rings. The van der Waals surface area contributed by atoms with Crippen molar-refractivity contribution < 1.29 is 34.0 Å². The van der Waals surface area contributed by atoms with Gasteiger partial charge >= 0.3 is 0 Å². The zero-order valence-electron chi connectivity index (χ0n) is 21.1. The van der Waals surface area contributed by atoms with Gasteiger partial charge in [-0.2, -0.15) is 0 Å². The number of carbonyl (C=O) groups is 2. The lowest BCUT2D eigenvalue weighted by Gasteiger charge is -2.45. The largest absolute Gasteiger partial charge is 0.388 e. The molecule has 0 unspecified atom stereocenters. The van der Waals surface area contributed by atoms with E-state index in [1.807, 2.05) is 43.4 Å². The second-order valence-corrected chi connectivity index (χ2v) is 16.5. The van der Waals surface area contributed by atoms with Gasteiger partial charge in [-0.1, -0.05) is 62.9 Å². The summed E-state index contributed by atoms with van der Waals surface area (Å²) in [5.41, 5.74) is -0.323. The van der Waals surface area contributed by atoms with Crippen LogP contribution in [0, 0.1) is 0 Å². The van der Waals surface area contributed by atoms with Crippen molar-refractivity contribution in [3.8, 4) is 0 Å². The molecule has 2 aliphatic heterocycles. The summed E-state index contributed by atoms with van der Waals surface area (Å²) >= 11 is 1.27. The third-order valence-corrected chi connectivity index (χ3v) is 12.4. The number of carbonyl (C=O) groups excluding carboxylic acids is 2. The molecular weight excluding hydrogens is 498 g/mol. The molecule has 194 valence electrons. The Balaban J connectivity index is 1.58. The summed E-state index contributed by atoms with van der Waals surface area (Å²) in [6.07, 6.45) is -3.80. The molecule has 0 radical (unpaired) electrons. The van der Waals surface area contributed by atoms with Crippen molar-refractivity contribution in [2.24, 2.45) is 0 Å². The third-order valence-electron chi connectivity index (χ3n) is 7.09. The number of rotatable bonds is 7. The Morgan fingerprint density at radius 3 is 2.06 bits per heavy atom. The number of nitrogens with zero attached hydrogens (tertiary/aromatic N) is 1. The predicted octanol–water partition coefficient (Wildman–Crippen LogP) is 3.84. The number of ether oxygens (including phenoxy) is 1. The lowest BCUT2D eigenvalue weighted by Crippen LogP contribution is -2.64. The normalized spacial score (nSPS) is 26.9. The highest BCUT2D eigenvalue weighted by Gasteiger charge is 2.53. The van der Waals surface area contributed by atoms with E-state index in [-0.39, 0.29) is 22.8 Å². The fourth-order valence-corrected chi connectivity index (χ4v) is 5.73. The number of hydrogen-bond acceptors (Lipinski definition) is 8. The number of aliphatic hydroxyl groups is 2. The van der Waals surface area contributed by atoms with Crippen LogP contribution in [0.15, 0.2) is 59.5 Å². The van der Waals surface area contributed by atoms with E-state index in [9.17, 15) is 19.8 Å². The summed E-state index contributed by atoms with van der Waals surface area (Å²) < 4.78 is 12.0. The summed E-state index contributed by atoms with van der Waals surface area (Å²) in [7, 11) is -2.22. The van der Waals surface area contributed by atoms with E-state index < -0.39 is 49.9 Å². The molecule has 8 nitrogen and oxygen atoms in total. The van der Waals surface area contributed by atoms with Gasteiger partial charge < -0.3 is 14.9 Å². The molecule has 1 fully saturated rings. The van der Waals surface area contributed by atoms with Crippen LogP contribution in [0.2, 0.25) is 18.1 Å². The van der Waals surface area contributed by atoms with Gasteiger partial charge in [0.25, 0.3) is 11.8 Å². The standard InChI is InChI=1S/C26H33NO7SSi/c1-26(2,3)36(4,5)34-32-15-19-21(28)22(29)20(25(33-19)35-16-11-7-6-8-12-16)27-23(30)17-13-9-10-14-18(17)24(27)31/h6-14,19-22,25,28-29H,15H2,1-5H3/t19-,20-,21-,22-,25+/m1/s1. The van der Waals surface area contributed by atoms with Crippen LogP contribution >= 0.6 is 11.8 Å². The van der Waals surface area contributed by atoms with Crippen molar-refractivity contribution in [2.45, 2.75) is 73.6 Å². The van der Waals surface area contributed by atoms with E-state index in [4.69, 9.17) is 14.2 Å². The molecule has 2 aromatic carbocycles. The first-order valence-electron chi connectivity index (χ1n) is 11.9. The maximum absolute atomic E-state index is 13.2. The molecule has 1 saturated heterocycles. The second kappa shape index (κ2) is 10.4. The Labute approximate surface area is 216 Å². The van der Waals surface area contributed by atoms with E-state index in [1.165, 1.54) is 11.8 Å². The summed E-state index contributed by atoms with van der Waals surface area (Å²) in [5, 5.41) is 22.1. The number of imide groups is 1. The fraction of sp³-hybridized carbons (Fsp3) is 0.462. The first-order chi connectivity index (χ1) is 16.9. The SMILES string of the molecule is CC(C)(C)[Si](C)(C)OOC[C@H]1O[C@@H](Sc2ccccc2)[C@H](N2C(=O)c3ccccc3C2=O)[C@@H](O)[C@@H]1O. The zero-order valence-corrected chi connectivity index (χ0v) is 22.9. The minimum Gasteiger partial charge on any atom is -0.388 e. The quantitative estimate of drug-likeness (QED) is 0.240. The topological polar surface area (TPSA) is 106 Å². The van der Waals surface area contributed by atoms with Crippen molar-refractivity contribution in [1.29, 1.82) is 0 Å². The summed E-state index contributed by atoms with van der Waals surface area (Å²) in [4.78, 5) is 33.8. The second-order valence-electron chi connectivity index (χ2n) is 10.6. The molecule has 0 bridgehead atoms. The molecule has 36 heavy (non-hydrogen) atoms. The van der Waals surface area contributed by atoms with Gasteiger partial charge in [-0.05, 0) is 42.4 Å². The van der Waals surface area contributed by atoms with Gasteiger partial charge in [0.05, 0.1) is 11.1 Å². The summed E-state index contributed by atoms with van der Waals surface area (Å²) in [6, 6.07) is 14.8. The van der Waals surface area contributed by atoms with Gasteiger partial charge in [-0.3, -0.25) is 19.1 Å². The summed E-state index contributed by atoms with van der Waals surface area (Å²) in [5.74, 6) is -1.05. The first kappa shape index (κ1) is 27.0. The fourth-order valence-electron chi connectivity index (χ4n) is 3.91. The third kappa shape index (κ3) is 5.17. The number of benzene rings is 2. The van der Waals surface area contributed by atoms with Gasteiger partial charge in [0, 0.05) is 4.90 Å². The zero-order chi connectivity index (χ0) is 26.3. The number of aliphatic hydroxyl groups excluding tert-OH is 2. The highest BCUT2D eigenvalue weighted by Crippen LogP contribution is 2.40. The van der Waals surface area contributed by atoms with E-state index in [0.717, 1.165) is 9.80 Å². The lowest BCUT2D eigenvalue weighted by molar-refractivity contribution is -0.268. The highest BCUT2D eigenvalue weighted by molar-refractivity contribution is 7.99. The van der Waals surface area contributed by atoms with Crippen LogP contribution in [0.3, 0.4) is 0 Å².